The van der Waals surface area contributed by atoms with Gasteiger partial charge in [-0.15, -0.1) is 0 Å². The van der Waals surface area contributed by atoms with Crippen LogP contribution in [0.2, 0.25) is 0 Å². The van der Waals surface area contributed by atoms with E-state index in [0.29, 0.717) is 25.7 Å². The molecule has 0 amide bonds. The number of unbranched alkanes of at least 4 members (excludes halogenated alkanes) is 5. The van der Waals surface area contributed by atoms with Crippen molar-refractivity contribution in [1.29, 1.82) is 0 Å². The number of nitrogens with zero attached hydrogens (tertiary/aromatic N) is 2. The summed E-state index contributed by atoms with van der Waals surface area (Å²) >= 11 is 0. The lowest BCUT2D eigenvalue weighted by atomic mass is 10.1. The Morgan fingerprint density at radius 2 is 1.41 bits per heavy atom. The van der Waals surface area contributed by atoms with E-state index in [0.717, 1.165) is 32.0 Å². The minimum absolute atomic E-state index is 0.0747. The molecule has 0 fully saturated rings. The van der Waals surface area contributed by atoms with E-state index in [1.54, 1.807) is 12.2 Å². The number of nitro groups is 2. The van der Waals surface area contributed by atoms with Crippen LogP contribution >= 0.6 is 0 Å². The van der Waals surface area contributed by atoms with Gasteiger partial charge in [-0.05, 0) is 44.3 Å². The van der Waals surface area contributed by atoms with E-state index in [9.17, 15) is 25.0 Å². The molecule has 0 aliphatic rings. The van der Waals surface area contributed by atoms with Crippen LogP contribution in [-0.4, -0.2) is 16.1 Å². The van der Waals surface area contributed by atoms with Gasteiger partial charge in [-0.3, -0.25) is 20.2 Å². The standard InChI is InChI=1S/C20H30N2O5/c1-2-3-4-5-6-9-14-19(21(24)25)15-10-7-11-16-20(22(26)27)17-12-8-13-18-23/h6-7,9,11,15,17-18H,2-5,8,10,12-14,16H2,1H3/b9-6+,11-7+,19-15-,20-17-. The third kappa shape index (κ3) is 14.3. The Bertz CT molecular complexity index is 577. The van der Waals surface area contributed by atoms with Crippen molar-refractivity contribution in [3.63, 3.8) is 0 Å². The molecule has 0 rings (SSSR count). The van der Waals surface area contributed by atoms with Crippen molar-refractivity contribution in [2.75, 3.05) is 0 Å². The lowest BCUT2D eigenvalue weighted by molar-refractivity contribution is -0.427. The summed E-state index contributed by atoms with van der Waals surface area (Å²) in [4.78, 5) is 31.4. The first-order valence-corrected chi connectivity index (χ1v) is 9.43. The van der Waals surface area contributed by atoms with Crippen molar-refractivity contribution in [2.45, 2.75) is 71.1 Å². The van der Waals surface area contributed by atoms with Crippen molar-refractivity contribution in [3.8, 4) is 0 Å². The molecule has 0 heterocycles. The van der Waals surface area contributed by atoms with Crippen LogP contribution in [-0.2, 0) is 4.79 Å². The summed E-state index contributed by atoms with van der Waals surface area (Å²) in [6.07, 6.45) is 17.6. The Morgan fingerprint density at radius 1 is 0.778 bits per heavy atom. The van der Waals surface area contributed by atoms with Crippen LogP contribution in [0.3, 0.4) is 0 Å². The van der Waals surface area contributed by atoms with Crippen LogP contribution in [0, 0.1) is 20.2 Å². The van der Waals surface area contributed by atoms with E-state index >= 15 is 0 Å². The number of allylic oxidation sites excluding steroid dienone is 6. The summed E-state index contributed by atoms with van der Waals surface area (Å²) in [5, 5.41) is 22.0. The molecule has 0 saturated heterocycles. The molecule has 27 heavy (non-hydrogen) atoms. The number of hydrogen-bond donors (Lipinski definition) is 0. The van der Waals surface area contributed by atoms with Crippen molar-refractivity contribution in [2.24, 2.45) is 0 Å². The molecule has 0 radical (unpaired) electrons. The Kier molecular flexibility index (Phi) is 15.3. The molecule has 0 unspecified atom stereocenters. The Hall–Kier alpha value is -2.57. The second-order valence-corrected chi connectivity index (χ2v) is 6.09. The molecule has 0 aliphatic heterocycles. The lowest BCUT2D eigenvalue weighted by Gasteiger charge is -1.96. The minimum Gasteiger partial charge on any atom is -0.303 e. The van der Waals surface area contributed by atoms with Crippen molar-refractivity contribution < 1.29 is 14.6 Å². The number of rotatable bonds is 16. The zero-order chi connectivity index (χ0) is 20.3. The molecule has 0 aromatic heterocycles. The number of aldehydes is 1. The van der Waals surface area contributed by atoms with E-state index < -0.39 is 4.92 Å². The van der Waals surface area contributed by atoms with Crippen LogP contribution in [0.15, 0.2) is 47.9 Å². The predicted octanol–water partition coefficient (Wildman–Crippen LogP) is 5.54. The fourth-order valence-corrected chi connectivity index (χ4v) is 2.27. The van der Waals surface area contributed by atoms with E-state index in [4.69, 9.17) is 0 Å². The van der Waals surface area contributed by atoms with Crippen molar-refractivity contribution in [3.05, 3.63) is 68.1 Å². The number of carbonyl (C=O) groups is 1. The van der Waals surface area contributed by atoms with Gasteiger partial charge in [-0.25, -0.2) is 0 Å². The van der Waals surface area contributed by atoms with Gasteiger partial charge in [0.05, 0.1) is 22.7 Å². The molecule has 0 aromatic carbocycles. The average Bonchev–Trinajstić information content (AvgIpc) is 2.63. The summed E-state index contributed by atoms with van der Waals surface area (Å²) < 4.78 is 0. The van der Waals surface area contributed by atoms with Gasteiger partial charge in [0, 0.05) is 6.42 Å². The van der Waals surface area contributed by atoms with Gasteiger partial charge in [0.2, 0.25) is 11.4 Å². The van der Waals surface area contributed by atoms with Gasteiger partial charge in [0.1, 0.15) is 6.29 Å². The highest BCUT2D eigenvalue weighted by atomic mass is 16.6. The largest absolute Gasteiger partial charge is 0.303 e. The second kappa shape index (κ2) is 16.9. The van der Waals surface area contributed by atoms with Crippen LogP contribution in [0.4, 0.5) is 0 Å². The normalized spacial score (nSPS) is 12.8. The maximum atomic E-state index is 11.1. The molecule has 0 aromatic rings. The first-order valence-electron chi connectivity index (χ1n) is 9.43. The summed E-state index contributed by atoms with van der Waals surface area (Å²) in [6, 6.07) is 0. The van der Waals surface area contributed by atoms with Crippen LogP contribution < -0.4 is 0 Å². The molecule has 0 spiro atoms. The minimum atomic E-state index is -0.438. The predicted molar refractivity (Wildman–Crippen MR) is 106 cm³/mol. The molecule has 150 valence electrons. The topological polar surface area (TPSA) is 103 Å². The second-order valence-electron chi connectivity index (χ2n) is 6.09. The van der Waals surface area contributed by atoms with Crippen LogP contribution in [0.25, 0.3) is 0 Å². The zero-order valence-electron chi connectivity index (χ0n) is 16.0. The third-order valence-corrected chi connectivity index (χ3v) is 3.83. The smallest absolute Gasteiger partial charge is 0.246 e. The molecular formula is C20H30N2O5. The SMILES string of the molecule is CCCCC/C=C/C/C(=C/C/C=C/C/C(=C/CCCC=O)[N+](=O)[O-])[N+](=O)[O-]. The first-order chi connectivity index (χ1) is 13.0. The van der Waals surface area contributed by atoms with Gasteiger partial charge in [0.25, 0.3) is 0 Å². The van der Waals surface area contributed by atoms with E-state index in [1.165, 1.54) is 12.2 Å². The summed E-state index contributed by atoms with van der Waals surface area (Å²) in [5.41, 5.74) is 0.205. The monoisotopic (exact) mass is 378 g/mol. The Balaban J connectivity index is 4.45. The van der Waals surface area contributed by atoms with Crippen molar-refractivity contribution >= 4 is 6.29 Å². The average molecular weight is 378 g/mol. The number of hydrogen-bond acceptors (Lipinski definition) is 5. The summed E-state index contributed by atoms with van der Waals surface area (Å²) in [5.74, 6) is 0. The highest BCUT2D eigenvalue weighted by Crippen LogP contribution is 2.10. The Labute approximate surface area is 160 Å². The van der Waals surface area contributed by atoms with Gasteiger partial charge in [-0.1, -0.05) is 44.1 Å². The summed E-state index contributed by atoms with van der Waals surface area (Å²) in [7, 11) is 0. The molecule has 0 saturated carbocycles. The Morgan fingerprint density at radius 3 is 2.00 bits per heavy atom. The highest BCUT2D eigenvalue weighted by molar-refractivity contribution is 5.49. The lowest BCUT2D eigenvalue weighted by Crippen LogP contribution is -1.98. The van der Waals surface area contributed by atoms with Crippen LogP contribution in [0.5, 0.6) is 0 Å². The fourth-order valence-electron chi connectivity index (χ4n) is 2.27. The van der Waals surface area contributed by atoms with E-state index in [1.807, 2.05) is 12.2 Å². The molecule has 0 atom stereocenters. The maximum absolute atomic E-state index is 11.1. The van der Waals surface area contributed by atoms with Gasteiger partial charge in [0.15, 0.2) is 0 Å². The van der Waals surface area contributed by atoms with Crippen molar-refractivity contribution in [1.82, 2.24) is 0 Å². The maximum Gasteiger partial charge on any atom is 0.246 e. The zero-order valence-corrected chi connectivity index (χ0v) is 16.0. The molecule has 7 heteroatoms. The molecular weight excluding hydrogens is 348 g/mol. The molecule has 0 aliphatic carbocycles. The van der Waals surface area contributed by atoms with Crippen LogP contribution in [0.1, 0.15) is 71.1 Å². The van der Waals surface area contributed by atoms with E-state index in [-0.39, 0.29) is 29.2 Å². The fraction of sp³-hybridized carbons (Fsp3) is 0.550. The van der Waals surface area contributed by atoms with Gasteiger partial charge < -0.3 is 4.79 Å². The molecule has 0 bridgehead atoms. The first kappa shape index (κ1) is 24.4. The highest BCUT2D eigenvalue weighted by Gasteiger charge is 2.08. The quantitative estimate of drug-likeness (QED) is 0.115. The number of carbonyl (C=O) groups excluding carboxylic acids is 1. The molecule has 7 nitrogen and oxygen atoms in total. The van der Waals surface area contributed by atoms with Gasteiger partial charge in [-0.2, -0.15) is 0 Å². The van der Waals surface area contributed by atoms with Gasteiger partial charge >= 0.3 is 0 Å². The third-order valence-electron chi connectivity index (χ3n) is 3.83. The van der Waals surface area contributed by atoms with E-state index in [2.05, 4.69) is 6.92 Å². The summed E-state index contributed by atoms with van der Waals surface area (Å²) in [6.45, 7) is 2.13. The molecule has 0 N–H and O–H groups in total.